The molecule has 0 unspecified atom stereocenters. The quantitative estimate of drug-likeness (QED) is 0.806. The number of fused-ring (bicyclic) bond motifs is 1. The number of alkyl halides is 2. The molecule has 1 aromatic carbocycles. The molecule has 0 spiro atoms. The minimum atomic E-state index is -2.62. The first-order valence-corrected chi connectivity index (χ1v) is 5.78. The van der Waals surface area contributed by atoms with Crippen molar-refractivity contribution in [1.82, 2.24) is 10.2 Å². The molecular formula is C13H12F2N2O3. The van der Waals surface area contributed by atoms with E-state index in [-0.39, 0.29) is 11.3 Å². The lowest BCUT2D eigenvalue weighted by Crippen LogP contribution is -2.09. The van der Waals surface area contributed by atoms with E-state index in [2.05, 4.69) is 14.9 Å². The van der Waals surface area contributed by atoms with Gasteiger partial charge in [0, 0.05) is 5.39 Å². The lowest BCUT2D eigenvalue weighted by Gasteiger charge is -2.10. The van der Waals surface area contributed by atoms with Crippen molar-refractivity contribution in [2.45, 2.75) is 13.3 Å². The molecule has 2 rings (SSSR count). The molecule has 20 heavy (non-hydrogen) atoms. The SMILES string of the molecule is COC(=O)c1cc(OCC(F)F)c2nnc(C)cc2c1. The van der Waals surface area contributed by atoms with Gasteiger partial charge in [0.05, 0.1) is 18.4 Å². The Labute approximate surface area is 113 Å². The van der Waals surface area contributed by atoms with Crippen LogP contribution in [0.2, 0.25) is 0 Å². The number of carbonyl (C=O) groups is 1. The molecule has 0 saturated carbocycles. The summed E-state index contributed by atoms with van der Waals surface area (Å²) in [6.45, 7) is 0.951. The van der Waals surface area contributed by atoms with Gasteiger partial charge < -0.3 is 9.47 Å². The van der Waals surface area contributed by atoms with E-state index in [1.54, 1.807) is 19.1 Å². The minimum Gasteiger partial charge on any atom is -0.485 e. The topological polar surface area (TPSA) is 61.3 Å². The summed E-state index contributed by atoms with van der Waals surface area (Å²) in [5.74, 6) is -0.501. The normalized spacial score (nSPS) is 10.8. The molecule has 0 radical (unpaired) electrons. The molecule has 106 valence electrons. The smallest absolute Gasteiger partial charge is 0.338 e. The zero-order valence-electron chi connectivity index (χ0n) is 10.9. The third-order valence-electron chi connectivity index (χ3n) is 2.56. The van der Waals surface area contributed by atoms with Crippen molar-refractivity contribution in [3.05, 3.63) is 29.5 Å². The molecule has 0 aliphatic carbocycles. The molecule has 2 aromatic rings. The summed E-state index contributed by atoms with van der Waals surface area (Å²) in [5.41, 5.74) is 1.17. The molecule has 1 aromatic heterocycles. The van der Waals surface area contributed by atoms with Gasteiger partial charge in [0.2, 0.25) is 0 Å². The minimum absolute atomic E-state index is 0.0794. The Bertz CT molecular complexity index is 647. The average Bonchev–Trinajstić information content (AvgIpc) is 2.42. The number of esters is 1. The highest BCUT2D eigenvalue weighted by Crippen LogP contribution is 2.26. The average molecular weight is 282 g/mol. The van der Waals surface area contributed by atoms with E-state index >= 15 is 0 Å². The van der Waals surface area contributed by atoms with Gasteiger partial charge >= 0.3 is 5.97 Å². The van der Waals surface area contributed by atoms with Crippen molar-refractivity contribution in [3.63, 3.8) is 0 Å². The third kappa shape index (κ3) is 2.98. The molecule has 0 saturated heterocycles. The summed E-state index contributed by atoms with van der Waals surface area (Å²) >= 11 is 0. The van der Waals surface area contributed by atoms with Crippen molar-refractivity contribution in [2.75, 3.05) is 13.7 Å². The molecule has 5 nitrogen and oxygen atoms in total. The van der Waals surface area contributed by atoms with Gasteiger partial charge in [-0.05, 0) is 25.1 Å². The van der Waals surface area contributed by atoms with Gasteiger partial charge in [0.25, 0.3) is 6.43 Å². The maximum atomic E-state index is 12.3. The van der Waals surface area contributed by atoms with Gasteiger partial charge in [-0.3, -0.25) is 0 Å². The molecule has 0 aliphatic heterocycles. The molecular weight excluding hydrogens is 270 g/mol. The predicted octanol–water partition coefficient (Wildman–Crippen LogP) is 2.37. The lowest BCUT2D eigenvalue weighted by atomic mass is 10.1. The number of methoxy groups -OCH3 is 1. The van der Waals surface area contributed by atoms with E-state index in [9.17, 15) is 13.6 Å². The number of aryl methyl sites for hydroxylation is 1. The standard InChI is InChI=1S/C13H12F2N2O3/c1-7-3-8-4-9(13(18)19-2)5-10(12(8)17-16-7)20-6-11(14)15/h3-5,11H,6H2,1-2H3. The second kappa shape index (κ2) is 5.77. The highest BCUT2D eigenvalue weighted by molar-refractivity contribution is 5.96. The Balaban J connectivity index is 2.53. The molecule has 0 aliphatic rings. The van der Waals surface area contributed by atoms with Gasteiger partial charge in [-0.2, -0.15) is 5.10 Å². The van der Waals surface area contributed by atoms with Gasteiger partial charge in [-0.1, -0.05) is 0 Å². The molecule has 0 bridgehead atoms. The highest BCUT2D eigenvalue weighted by atomic mass is 19.3. The van der Waals surface area contributed by atoms with Crippen molar-refractivity contribution in [1.29, 1.82) is 0 Å². The largest absolute Gasteiger partial charge is 0.485 e. The number of rotatable bonds is 4. The fraction of sp³-hybridized carbons (Fsp3) is 0.308. The number of hydrogen-bond donors (Lipinski definition) is 0. The lowest BCUT2D eigenvalue weighted by molar-refractivity contribution is 0.0600. The van der Waals surface area contributed by atoms with E-state index in [0.29, 0.717) is 16.6 Å². The van der Waals surface area contributed by atoms with Crippen LogP contribution in [0.4, 0.5) is 8.78 Å². The number of carbonyl (C=O) groups excluding carboxylic acids is 1. The Hall–Kier alpha value is -2.31. The number of hydrogen-bond acceptors (Lipinski definition) is 5. The number of ether oxygens (including phenoxy) is 2. The number of halogens is 2. The van der Waals surface area contributed by atoms with Crippen LogP contribution in [0.3, 0.4) is 0 Å². The maximum Gasteiger partial charge on any atom is 0.338 e. The third-order valence-corrected chi connectivity index (χ3v) is 2.56. The molecule has 7 heteroatoms. The van der Waals surface area contributed by atoms with E-state index in [1.807, 2.05) is 0 Å². The number of aromatic nitrogens is 2. The summed E-state index contributed by atoms with van der Waals surface area (Å²) in [6.07, 6.45) is -2.62. The van der Waals surface area contributed by atoms with Crippen LogP contribution in [0.25, 0.3) is 10.9 Å². The fourth-order valence-corrected chi connectivity index (χ4v) is 1.73. The maximum absolute atomic E-state index is 12.3. The van der Waals surface area contributed by atoms with Crippen molar-refractivity contribution in [2.24, 2.45) is 0 Å². The zero-order valence-corrected chi connectivity index (χ0v) is 10.9. The van der Waals surface area contributed by atoms with E-state index < -0.39 is 19.0 Å². The van der Waals surface area contributed by atoms with Crippen LogP contribution >= 0.6 is 0 Å². The van der Waals surface area contributed by atoms with Crippen molar-refractivity contribution < 1.29 is 23.0 Å². The second-order valence-electron chi connectivity index (χ2n) is 4.09. The van der Waals surface area contributed by atoms with Crippen molar-refractivity contribution >= 4 is 16.9 Å². The Morgan fingerprint density at radius 1 is 1.30 bits per heavy atom. The molecule has 0 fully saturated rings. The van der Waals surface area contributed by atoms with Crippen LogP contribution in [0, 0.1) is 6.92 Å². The Morgan fingerprint density at radius 2 is 2.05 bits per heavy atom. The highest BCUT2D eigenvalue weighted by Gasteiger charge is 2.14. The van der Waals surface area contributed by atoms with Gasteiger partial charge in [-0.25, -0.2) is 13.6 Å². The van der Waals surface area contributed by atoms with Crippen LogP contribution in [0.15, 0.2) is 18.2 Å². The Kier molecular flexibility index (Phi) is 4.07. The van der Waals surface area contributed by atoms with Crippen LogP contribution < -0.4 is 4.74 Å². The first-order chi connectivity index (χ1) is 9.51. The van der Waals surface area contributed by atoms with Crippen molar-refractivity contribution in [3.8, 4) is 5.75 Å². The van der Waals surface area contributed by atoms with Gasteiger partial charge in [0.15, 0.2) is 0 Å². The van der Waals surface area contributed by atoms with Crippen LogP contribution in [-0.4, -0.2) is 36.3 Å². The summed E-state index contributed by atoms with van der Waals surface area (Å²) < 4.78 is 34.1. The summed E-state index contributed by atoms with van der Waals surface area (Å²) in [7, 11) is 1.24. The van der Waals surface area contributed by atoms with E-state index in [4.69, 9.17) is 4.74 Å². The molecule has 0 amide bonds. The number of benzene rings is 1. The van der Waals surface area contributed by atoms with Crippen LogP contribution in [-0.2, 0) is 4.74 Å². The first-order valence-electron chi connectivity index (χ1n) is 5.78. The fourth-order valence-electron chi connectivity index (χ4n) is 1.73. The predicted molar refractivity (Wildman–Crippen MR) is 67.1 cm³/mol. The summed E-state index contributed by atoms with van der Waals surface area (Å²) in [5, 5.41) is 8.34. The van der Waals surface area contributed by atoms with Crippen LogP contribution in [0.5, 0.6) is 5.75 Å². The summed E-state index contributed by atoms with van der Waals surface area (Å²) in [6, 6.07) is 4.56. The Morgan fingerprint density at radius 3 is 2.70 bits per heavy atom. The van der Waals surface area contributed by atoms with E-state index in [1.165, 1.54) is 13.2 Å². The molecule has 0 atom stereocenters. The second-order valence-corrected chi connectivity index (χ2v) is 4.09. The van der Waals surface area contributed by atoms with Gasteiger partial charge in [0.1, 0.15) is 17.9 Å². The van der Waals surface area contributed by atoms with Gasteiger partial charge in [-0.15, -0.1) is 5.10 Å². The van der Waals surface area contributed by atoms with Crippen LogP contribution in [0.1, 0.15) is 16.1 Å². The number of nitrogens with zero attached hydrogens (tertiary/aromatic N) is 2. The van der Waals surface area contributed by atoms with E-state index in [0.717, 1.165) is 0 Å². The summed E-state index contributed by atoms with van der Waals surface area (Å²) in [4.78, 5) is 11.6. The molecule has 1 heterocycles. The first kappa shape index (κ1) is 14.1. The molecule has 0 N–H and O–H groups in total. The zero-order chi connectivity index (χ0) is 14.7. The monoisotopic (exact) mass is 282 g/mol.